The fourth-order valence-corrected chi connectivity index (χ4v) is 1.76. The topological polar surface area (TPSA) is 66.4 Å². The molecule has 0 radical (unpaired) electrons. The van der Waals surface area contributed by atoms with E-state index in [1.807, 2.05) is 0 Å². The van der Waals surface area contributed by atoms with Crippen LogP contribution in [0.5, 0.6) is 0 Å². The van der Waals surface area contributed by atoms with Gasteiger partial charge in [-0.15, -0.1) is 0 Å². The Hall–Kier alpha value is -0.380. The van der Waals surface area contributed by atoms with E-state index in [1.165, 1.54) is 30.7 Å². The summed E-state index contributed by atoms with van der Waals surface area (Å²) in [5.41, 5.74) is 0. The summed E-state index contributed by atoms with van der Waals surface area (Å²) in [7, 11) is -5.23. The van der Waals surface area contributed by atoms with Gasteiger partial charge in [0.15, 0.2) is 6.61 Å². The van der Waals surface area contributed by atoms with Gasteiger partial charge in [-0.05, 0) is 27.7 Å². The number of alkyl halides is 3. The lowest BCUT2D eigenvalue weighted by Crippen LogP contribution is -2.47. The normalized spacial score (nSPS) is 12.8. The number of nitrogens with zero attached hydrogens (tertiary/aromatic N) is 1. The van der Waals surface area contributed by atoms with Crippen LogP contribution in [0.4, 0.5) is 13.2 Å². The molecule has 5 nitrogen and oxygen atoms in total. The first-order chi connectivity index (χ1) is 8.45. The Morgan fingerprint density at radius 2 is 1.32 bits per heavy atom. The second-order valence-corrected chi connectivity index (χ2v) is 4.94. The van der Waals surface area contributed by atoms with Gasteiger partial charge in [-0.25, -0.2) is 8.42 Å². The largest absolute Gasteiger partial charge is 0.726 e. The van der Waals surface area contributed by atoms with Crippen molar-refractivity contribution in [2.75, 3.05) is 32.8 Å². The predicted octanol–water partition coefficient (Wildman–Crippen LogP) is 1.91. The molecule has 19 heavy (non-hydrogen) atoms. The molecule has 118 valence electrons. The Bertz CT molecular complexity index is 309. The molecular formula is C10H22F3NO4S. The lowest BCUT2D eigenvalue weighted by Gasteiger charge is -2.34. The van der Waals surface area contributed by atoms with Crippen molar-refractivity contribution in [3.8, 4) is 0 Å². The second-order valence-electron chi connectivity index (χ2n) is 3.89. The van der Waals surface area contributed by atoms with E-state index in [2.05, 4.69) is 31.9 Å². The van der Waals surface area contributed by atoms with E-state index in [0.29, 0.717) is 0 Å². The Kier molecular flexibility index (Phi) is 9.61. The van der Waals surface area contributed by atoms with Crippen LogP contribution in [-0.4, -0.2) is 56.4 Å². The number of hydrogen-bond donors (Lipinski definition) is 0. The van der Waals surface area contributed by atoms with Crippen molar-refractivity contribution >= 4 is 10.4 Å². The highest BCUT2D eigenvalue weighted by atomic mass is 32.3. The van der Waals surface area contributed by atoms with Crippen LogP contribution in [0.3, 0.4) is 0 Å². The van der Waals surface area contributed by atoms with Crippen molar-refractivity contribution < 1.29 is 34.8 Å². The third kappa shape index (κ3) is 12.4. The van der Waals surface area contributed by atoms with Gasteiger partial charge in [0.25, 0.3) is 0 Å². The molecule has 0 aromatic rings. The van der Waals surface area contributed by atoms with Crippen LogP contribution in [0.25, 0.3) is 0 Å². The SMILES string of the molecule is CC[N+](CC)(CC)CC.O=S(=O)([O-])OCC(F)(F)F. The van der Waals surface area contributed by atoms with Gasteiger partial charge < -0.3 is 9.04 Å². The molecular weight excluding hydrogens is 287 g/mol. The van der Waals surface area contributed by atoms with Crippen molar-refractivity contribution in [3.63, 3.8) is 0 Å². The van der Waals surface area contributed by atoms with E-state index in [9.17, 15) is 26.1 Å². The summed E-state index contributed by atoms with van der Waals surface area (Å²) < 4.78 is 65.5. The second kappa shape index (κ2) is 8.72. The molecule has 0 fully saturated rings. The van der Waals surface area contributed by atoms with E-state index in [4.69, 9.17) is 0 Å². The highest BCUT2D eigenvalue weighted by Crippen LogP contribution is 2.15. The summed E-state index contributed by atoms with van der Waals surface area (Å²) in [5.74, 6) is 0. The first-order valence-corrected chi connectivity index (χ1v) is 7.30. The fraction of sp³-hybridized carbons (Fsp3) is 1.00. The minimum absolute atomic E-state index is 1.28. The Balaban J connectivity index is 0. The van der Waals surface area contributed by atoms with Crippen LogP contribution >= 0.6 is 0 Å². The van der Waals surface area contributed by atoms with Crippen LogP contribution in [0.15, 0.2) is 0 Å². The van der Waals surface area contributed by atoms with Gasteiger partial charge in [0.2, 0.25) is 10.4 Å². The van der Waals surface area contributed by atoms with Gasteiger partial charge in [-0.1, -0.05) is 0 Å². The summed E-state index contributed by atoms with van der Waals surface area (Å²) in [5, 5.41) is 0. The van der Waals surface area contributed by atoms with Gasteiger partial charge in [0.1, 0.15) is 0 Å². The molecule has 0 saturated carbocycles. The zero-order chi connectivity index (χ0) is 15.7. The summed E-state index contributed by atoms with van der Waals surface area (Å²) in [6.45, 7) is 12.2. The van der Waals surface area contributed by atoms with Crippen molar-refractivity contribution in [2.45, 2.75) is 33.9 Å². The van der Waals surface area contributed by atoms with E-state index < -0.39 is 23.2 Å². The summed E-state index contributed by atoms with van der Waals surface area (Å²) in [4.78, 5) is 0. The average molecular weight is 309 g/mol. The van der Waals surface area contributed by atoms with Crippen molar-refractivity contribution in [1.82, 2.24) is 0 Å². The molecule has 0 unspecified atom stereocenters. The zero-order valence-corrected chi connectivity index (χ0v) is 12.5. The Labute approximate surface area is 112 Å². The lowest BCUT2D eigenvalue weighted by molar-refractivity contribution is -0.921. The number of hydrogen-bond acceptors (Lipinski definition) is 4. The minimum Gasteiger partial charge on any atom is -0.726 e. The van der Waals surface area contributed by atoms with E-state index in [0.717, 1.165) is 0 Å². The third-order valence-electron chi connectivity index (χ3n) is 3.05. The maximum absolute atomic E-state index is 11.1. The Morgan fingerprint density at radius 1 is 1.00 bits per heavy atom. The highest BCUT2D eigenvalue weighted by Gasteiger charge is 2.28. The standard InChI is InChI=1S/C8H20N.C2H3F3O4S/c1-5-9(6-2,7-3)8-4;3-2(4,5)1-9-10(6,7)8/h5-8H2,1-4H3;1H2,(H,6,7,8)/q+1;/p-1. The molecule has 0 amide bonds. The van der Waals surface area contributed by atoms with Crippen LogP contribution in [0.2, 0.25) is 0 Å². The quantitative estimate of drug-likeness (QED) is 0.427. The predicted molar refractivity (Wildman–Crippen MR) is 64.1 cm³/mol. The lowest BCUT2D eigenvalue weighted by atomic mass is 10.3. The van der Waals surface area contributed by atoms with Gasteiger partial charge >= 0.3 is 6.18 Å². The maximum atomic E-state index is 11.1. The third-order valence-corrected chi connectivity index (χ3v) is 3.46. The number of halogens is 3. The van der Waals surface area contributed by atoms with Crippen LogP contribution in [0.1, 0.15) is 27.7 Å². The smallest absolute Gasteiger partial charge is 0.413 e. The van der Waals surface area contributed by atoms with Crippen LogP contribution in [-0.2, 0) is 14.6 Å². The van der Waals surface area contributed by atoms with Gasteiger partial charge in [0.05, 0.1) is 26.2 Å². The molecule has 9 heteroatoms. The molecule has 0 rings (SSSR count). The number of rotatable bonds is 6. The number of quaternary nitrogens is 1. The van der Waals surface area contributed by atoms with Crippen LogP contribution in [0, 0.1) is 0 Å². The molecule has 0 aromatic carbocycles. The summed E-state index contributed by atoms with van der Waals surface area (Å²) >= 11 is 0. The van der Waals surface area contributed by atoms with Gasteiger partial charge in [0, 0.05) is 0 Å². The van der Waals surface area contributed by atoms with Gasteiger partial charge in [-0.3, -0.25) is 4.18 Å². The molecule has 0 N–H and O–H groups in total. The average Bonchev–Trinajstić information content (AvgIpc) is 2.30. The van der Waals surface area contributed by atoms with E-state index in [1.54, 1.807) is 0 Å². The molecule has 0 spiro atoms. The van der Waals surface area contributed by atoms with Crippen molar-refractivity contribution in [2.24, 2.45) is 0 Å². The maximum Gasteiger partial charge on any atom is 0.413 e. The molecule has 0 aliphatic heterocycles. The van der Waals surface area contributed by atoms with Gasteiger partial charge in [-0.2, -0.15) is 13.2 Å². The molecule has 0 aliphatic rings. The minimum atomic E-state index is -5.23. The Morgan fingerprint density at radius 3 is 1.37 bits per heavy atom. The molecule has 0 bridgehead atoms. The van der Waals surface area contributed by atoms with Crippen molar-refractivity contribution in [1.29, 1.82) is 0 Å². The first kappa shape index (κ1) is 20.9. The van der Waals surface area contributed by atoms with Crippen LogP contribution < -0.4 is 0 Å². The molecule has 0 atom stereocenters. The summed E-state index contributed by atoms with van der Waals surface area (Å²) in [6, 6.07) is 0. The molecule has 0 aliphatic carbocycles. The van der Waals surface area contributed by atoms with E-state index >= 15 is 0 Å². The summed E-state index contributed by atoms with van der Waals surface area (Å²) in [6.07, 6.45) is -4.79. The first-order valence-electron chi connectivity index (χ1n) is 5.97. The zero-order valence-electron chi connectivity index (χ0n) is 11.7. The molecule has 0 saturated heterocycles. The van der Waals surface area contributed by atoms with E-state index in [-0.39, 0.29) is 0 Å². The highest BCUT2D eigenvalue weighted by molar-refractivity contribution is 7.80. The monoisotopic (exact) mass is 309 g/mol. The molecule has 0 heterocycles. The fourth-order valence-electron chi connectivity index (χ4n) is 1.48. The van der Waals surface area contributed by atoms with Crippen molar-refractivity contribution in [3.05, 3.63) is 0 Å². The molecule has 0 aromatic heterocycles.